The van der Waals surface area contributed by atoms with Crippen LogP contribution in [0.3, 0.4) is 0 Å². The van der Waals surface area contributed by atoms with E-state index in [4.69, 9.17) is 0 Å². The molecule has 1 heterocycles. The molecule has 1 aromatic carbocycles. The smallest absolute Gasteiger partial charge is 0.317 e. The van der Waals surface area contributed by atoms with E-state index in [1.807, 2.05) is 0 Å². The van der Waals surface area contributed by atoms with Gasteiger partial charge in [0.15, 0.2) is 0 Å². The Kier molecular flexibility index (Phi) is 5.96. The third-order valence-electron chi connectivity index (χ3n) is 3.36. The summed E-state index contributed by atoms with van der Waals surface area (Å²) in [4.78, 5) is 21.5. The molecule has 0 saturated carbocycles. The van der Waals surface area contributed by atoms with Crippen molar-refractivity contribution in [3.05, 3.63) is 60.2 Å². The number of alkyl halides is 2. The fraction of sp³-hybridized carbons (Fsp3) is 0.312. The topological polar surface area (TPSA) is 58.1 Å². The number of benzene rings is 1. The number of rotatable bonds is 6. The molecule has 2 amide bonds. The van der Waals surface area contributed by atoms with E-state index < -0.39 is 18.5 Å². The predicted octanol–water partition coefficient (Wildman–Crippen LogP) is 2.67. The van der Waals surface area contributed by atoms with Crippen molar-refractivity contribution < 1.29 is 13.6 Å². The number of carbonyl (C=O) groups is 1. The molecule has 5 nitrogen and oxygen atoms in total. The predicted molar refractivity (Wildman–Crippen MR) is 82.1 cm³/mol. The molecule has 1 aromatic heterocycles. The first-order valence-electron chi connectivity index (χ1n) is 7.17. The number of hydrogen-bond donors (Lipinski definition) is 1. The summed E-state index contributed by atoms with van der Waals surface area (Å²) < 4.78 is 26.4. The van der Waals surface area contributed by atoms with Crippen LogP contribution in [0.1, 0.15) is 17.3 Å². The quantitative estimate of drug-likeness (QED) is 0.890. The molecular formula is C16H18F2N4O. The van der Waals surface area contributed by atoms with Gasteiger partial charge >= 0.3 is 6.03 Å². The number of halogens is 2. The molecule has 0 aliphatic rings. The number of aromatic nitrogens is 2. The van der Waals surface area contributed by atoms with Crippen LogP contribution in [0.15, 0.2) is 48.9 Å². The number of likely N-dealkylation sites (N-methyl/N-ethyl adjacent to an activating group) is 1. The monoisotopic (exact) mass is 320 g/mol. The number of carbonyl (C=O) groups excluding carboxylic acids is 1. The second-order valence-corrected chi connectivity index (χ2v) is 5.04. The first-order valence-corrected chi connectivity index (χ1v) is 7.17. The highest BCUT2D eigenvalue weighted by atomic mass is 19.3. The molecule has 0 aliphatic carbocycles. The molecule has 0 radical (unpaired) electrons. The zero-order valence-electron chi connectivity index (χ0n) is 12.7. The van der Waals surface area contributed by atoms with E-state index in [1.165, 1.54) is 4.90 Å². The second-order valence-electron chi connectivity index (χ2n) is 5.04. The second kappa shape index (κ2) is 8.17. The summed E-state index contributed by atoms with van der Waals surface area (Å²) in [5.74, 6) is 0. The van der Waals surface area contributed by atoms with Crippen LogP contribution in [-0.2, 0) is 6.42 Å². The lowest BCUT2D eigenvalue weighted by Gasteiger charge is -2.23. The Morgan fingerprint density at radius 1 is 1.26 bits per heavy atom. The van der Waals surface area contributed by atoms with E-state index in [1.54, 1.807) is 56.0 Å². The van der Waals surface area contributed by atoms with Gasteiger partial charge in [-0.25, -0.2) is 13.6 Å². The molecule has 0 bridgehead atoms. The summed E-state index contributed by atoms with van der Waals surface area (Å²) in [5, 5.41) is 2.37. The first-order chi connectivity index (χ1) is 11.1. The molecule has 0 aliphatic heterocycles. The van der Waals surface area contributed by atoms with Gasteiger partial charge < -0.3 is 10.2 Å². The third-order valence-corrected chi connectivity index (χ3v) is 3.36. The van der Waals surface area contributed by atoms with Gasteiger partial charge in [-0.2, -0.15) is 0 Å². The average molecular weight is 320 g/mol. The summed E-state index contributed by atoms with van der Waals surface area (Å²) in [6.07, 6.45) is 2.56. The van der Waals surface area contributed by atoms with Gasteiger partial charge in [-0.1, -0.05) is 30.3 Å². The van der Waals surface area contributed by atoms with Crippen molar-refractivity contribution in [2.45, 2.75) is 18.9 Å². The number of amides is 2. The highest BCUT2D eigenvalue weighted by Crippen LogP contribution is 2.20. The summed E-state index contributed by atoms with van der Waals surface area (Å²) in [6, 6.07) is 6.31. The minimum Gasteiger partial charge on any atom is -0.327 e. The van der Waals surface area contributed by atoms with E-state index in [2.05, 4.69) is 15.3 Å². The molecule has 7 heteroatoms. The molecule has 1 N–H and O–H groups in total. The molecule has 122 valence electrons. The van der Waals surface area contributed by atoms with E-state index in [9.17, 15) is 13.6 Å². The first kappa shape index (κ1) is 16.8. The molecule has 2 rings (SSSR count). The molecular weight excluding hydrogens is 302 g/mol. The highest BCUT2D eigenvalue weighted by molar-refractivity contribution is 5.74. The van der Waals surface area contributed by atoms with Crippen molar-refractivity contribution in [3.63, 3.8) is 0 Å². The van der Waals surface area contributed by atoms with Gasteiger partial charge in [0, 0.05) is 38.6 Å². The molecule has 0 unspecified atom stereocenters. The van der Waals surface area contributed by atoms with Crippen LogP contribution in [0.4, 0.5) is 13.6 Å². The van der Waals surface area contributed by atoms with Crippen molar-refractivity contribution in [2.75, 3.05) is 13.6 Å². The van der Waals surface area contributed by atoms with Gasteiger partial charge in [-0.3, -0.25) is 9.97 Å². The SMILES string of the molecule is CN(CCc1cnccn1)C(=O)N[C@H](c1ccccc1)C(F)F. The lowest BCUT2D eigenvalue weighted by Crippen LogP contribution is -2.42. The van der Waals surface area contributed by atoms with Crippen LogP contribution in [0.2, 0.25) is 0 Å². The fourth-order valence-corrected chi connectivity index (χ4v) is 2.04. The van der Waals surface area contributed by atoms with Crippen LogP contribution >= 0.6 is 0 Å². The lowest BCUT2D eigenvalue weighted by atomic mass is 10.1. The van der Waals surface area contributed by atoms with Crippen molar-refractivity contribution >= 4 is 6.03 Å². The molecule has 23 heavy (non-hydrogen) atoms. The van der Waals surface area contributed by atoms with Crippen molar-refractivity contribution in [1.82, 2.24) is 20.2 Å². The Morgan fingerprint density at radius 3 is 2.61 bits per heavy atom. The Hall–Kier alpha value is -2.57. The third kappa shape index (κ3) is 4.98. The Balaban J connectivity index is 1.93. The zero-order chi connectivity index (χ0) is 16.7. The maximum absolute atomic E-state index is 13.2. The Morgan fingerprint density at radius 2 is 2.00 bits per heavy atom. The van der Waals surface area contributed by atoms with Gasteiger partial charge in [0.25, 0.3) is 6.43 Å². The van der Waals surface area contributed by atoms with Gasteiger partial charge in [0.1, 0.15) is 6.04 Å². The molecule has 0 fully saturated rings. The number of hydrogen-bond acceptors (Lipinski definition) is 3. The lowest BCUT2D eigenvalue weighted by molar-refractivity contribution is 0.0976. The Labute approximate surface area is 133 Å². The van der Waals surface area contributed by atoms with Gasteiger partial charge in [-0.05, 0) is 5.56 Å². The highest BCUT2D eigenvalue weighted by Gasteiger charge is 2.25. The van der Waals surface area contributed by atoms with Crippen molar-refractivity contribution in [3.8, 4) is 0 Å². The van der Waals surface area contributed by atoms with Crippen LogP contribution < -0.4 is 5.32 Å². The molecule has 0 saturated heterocycles. The summed E-state index contributed by atoms with van der Waals surface area (Å²) in [5.41, 5.74) is 1.11. The normalized spacial score (nSPS) is 12.0. The van der Waals surface area contributed by atoms with Crippen LogP contribution in [0, 0.1) is 0 Å². The minimum absolute atomic E-state index is 0.356. The molecule has 2 aromatic rings. The van der Waals surface area contributed by atoms with Crippen molar-refractivity contribution in [2.24, 2.45) is 0 Å². The van der Waals surface area contributed by atoms with Gasteiger partial charge in [0.05, 0.1) is 5.69 Å². The average Bonchev–Trinajstić information content (AvgIpc) is 2.58. The molecule has 1 atom stereocenters. The zero-order valence-corrected chi connectivity index (χ0v) is 12.7. The fourth-order valence-electron chi connectivity index (χ4n) is 2.04. The minimum atomic E-state index is -2.69. The number of urea groups is 1. The van der Waals surface area contributed by atoms with E-state index in [0.717, 1.165) is 5.69 Å². The molecule has 0 spiro atoms. The van der Waals surface area contributed by atoms with Gasteiger partial charge in [-0.15, -0.1) is 0 Å². The van der Waals surface area contributed by atoms with E-state index in [-0.39, 0.29) is 0 Å². The van der Waals surface area contributed by atoms with Gasteiger partial charge in [0.2, 0.25) is 0 Å². The van der Waals surface area contributed by atoms with Crippen LogP contribution in [-0.4, -0.2) is 40.9 Å². The van der Waals surface area contributed by atoms with Crippen LogP contribution in [0.25, 0.3) is 0 Å². The standard InChI is InChI=1S/C16H18F2N4O/c1-22(10-7-13-11-19-8-9-20-13)16(23)21-14(15(17)18)12-5-3-2-4-6-12/h2-6,8-9,11,14-15H,7,10H2,1H3,(H,21,23)/t14-/m1/s1. The number of nitrogens with zero attached hydrogens (tertiary/aromatic N) is 3. The largest absolute Gasteiger partial charge is 0.327 e. The maximum Gasteiger partial charge on any atom is 0.317 e. The Bertz CT molecular complexity index is 610. The van der Waals surface area contributed by atoms with Crippen LogP contribution in [0.5, 0.6) is 0 Å². The summed E-state index contributed by atoms with van der Waals surface area (Å²) in [6.45, 7) is 0.356. The van der Waals surface area contributed by atoms with Crippen molar-refractivity contribution in [1.29, 1.82) is 0 Å². The summed E-state index contributed by atoms with van der Waals surface area (Å²) in [7, 11) is 1.55. The van der Waals surface area contributed by atoms with E-state index >= 15 is 0 Å². The summed E-state index contributed by atoms with van der Waals surface area (Å²) >= 11 is 0. The van der Waals surface area contributed by atoms with E-state index in [0.29, 0.717) is 18.5 Å². The maximum atomic E-state index is 13.2. The number of nitrogens with one attached hydrogen (secondary N) is 1.